The van der Waals surface area contributed by atoms with Gasteiger partial charge in [-0.3, -0.25) is 9.79 Å². The van der Waals surface area contributed by atoms with Crippen LogP contribution in [0.5, 0.6) is 0 Å². The molecule has 0 aromatic heterocycles. The number of nitrogens with zero attached hydrogens (tertiary/aromatic N) is 1. The van der Waals surface area contributed by atoms with Crippen molar-refractivity contribution in [2.75, 3.05) is 18.9 Å². The number of anilines is 1. The Morgan fingerprint density at radius 2 is 1.79 bits per heavy atom. The number of amides is 1. The summed E-state index contributed by atoms with van der Waals surface area (Å²) in [6, 6.07) is 12.6. The molecule has 0 aliphatic carbocycles. The van der Waals surface area contributed by atoms with Gasteiger partial charge in [0.25, 0.3) is 0 Å². The molecule has 2 aromatic carbocycles. The molecule has 0 atom stereocenters. The van der Waals surface area contributed by atoms with Gasteiger partial charge in [-0.25, -0.2) is 4.39 Å². The molecule has 0 fully saturated rings. The van der Waals surface area contributed by atoms with Gasteiger partial charge in [-0.15, -0.1) is 24.0 Å². The van der Waals surface area contributed by atoms with Crippen LogP contribution in [0.3, 0.4) is 0 Å². The Morgan fingerprint density at radius 1 is 1.10 bits per heavy atom. The Balaban J connectivity index is 0.00000420. The molecule has 2 aromatic rings. The van der Waals surface area contributed by atoms with Crippen LogP contribution in [0.2, 0.25) is 0 Å². The Morgan fingerprint density at radius 3 is 2.38 bits per heavy atom. The minimum Gasteiger partial charge on any atom is -0.356 e. The third-order valence-electron chi connectivity index (χ3n) is 4.42. The van der Waals surface area contributed by atoms with E-state index in [2.05, 4.69) is 20.9 Å². The van der Waals surface area contributed by atoms with Gasteiger partial charge in [-0.05, 0) is 54.3 Å². The number of aryl methyl sites for hydroxylation is 1. The molecular formula is C22H30FIN4O. The topological polar surface area (TPSA) is 65.5 Å². The lowest BCUT2D eigenvalue weighted by Crippen LogP contribution is -2.37. The van der Waals surface area contributed by atoms with Crippen LogP contribution in [0.4, 0.5) is 10.1 Å². The molecule has 2 rings (SSSR count). The predicted octanol–water partition coefficient (Wildman–Crippen LogP) is 4.25. The van der Waals surface area contributed by atoms with Gasteiger partial charge in [0, 0.05) is 31.7 Å². The quantitative estimate of drug-likeness (QED) is 0.295. The molecule has 158 valence electrons. The fourth-order valence-corrected chi connectivity index (χ4v) is 2.65. The van der Waals surface area contributed by atoms with E-state index in [9.17, 15) is 9.18 Å². The Kier molecular flexibility index (Phi) is 10.6. The van der Waals surface area contributed by atoms with E-state index in [1.807, 2.05) is 51.1 Å². The highest BCUT2D eigenvalue weighted by Gasteiger charge is 2.07. The van der Waals surface area contributed by atoms with Crippen LogP contribution in [0, 0.1) is 18.7 Å². The summed E-state index contributed by atoms with van der Waals surface area (Å²) in [5.41, 5.74) is 3.94. The average Bonchev–Trinajstić information content (AvgIpc) is 2.67. The average molecular weight is 512 g/mol. The van der Waals surface area contributed by atoms with Crippen molar-refractivity contribution in [1.82, 2.24) is 10.6 Å². The summed E-state index contributed by atoms with van der Waals surface area (Å²) < 4.78 is 13.2. The van der Waals surface area contributed by atoms with E-state index in [1.165, 1.54) is 6.07 Å². The van der Waals surface area contributed by atoms with Gasteiger partial charge in [0.05, 0.1) is 0 Å². The maximum atomic E-state index is 13.2. The largest absolute Gasteiger partial charge is 0.356 e. The van der Waals surface area contributed by atoms with Crippen LogP contribution < -0.4 is 16.0 Å². The van der Waals surface area contributed by atoms with Gasteiger partial charge in [0.2, 0.25) is 5.91 Å². The third kappa shape index (κ3) is 8.39. The van der Waals surface area contributed by atoms with Gasteiger partial charge in [0.15, 0.2) is 5.96 Å². The minimum atomic E-state index is -0.207. The molecule has 0 bridgehead atoms. The fourth-order valence-electron chi connectivity index (χ4n) is 2.65. The van der Waals surface area contributed by atoms with Crippen molar-refractivity contribution in [3.63, 3.8) is 0 Å². The number of nitrogens with one attached hydrogen (secondary N) is 3. The van der Waals surface area contributed by atoms with Crippen LogP contribution in [0.25, 0.3) is 0 Å². The number of aliphatic imine (C=N–C) groups is 1. The number of hydrogen-bond donors (Lipinski definition) is 3. The normalized spacial score (nSPS) is 11.0. The standard InChI is InChI=1S/C22H29FN4O.HI/c1-15(2)21(28)27-20-9-5-17(6-10-20)14-26-22(24-4)25-12-11-18-7-8-19(23)13-16(18)3;/h5-10,13,15H,11-12,14H2,1-4H3,(H,27,28)(H2,24,25,26);1H. The molecule has 0 radical (unpaired) electrons. The summed E-state index contributed by atoms with van der Waals surface area (Å²) in [5, 5.41) is 9.41. The first-order valence-corrected chi connectivity index (χ1v) is 9.48. The van der Waals surface area contributed by atoms with Crippen molar-refractivity contribution in [1.29, 1.82) is 0 Å². The van der Waals surface area contributed by atoms with Gasteiger partial charge >= 0.3 is 0 Å². The highest BCUT2D eigenvalue weighted by Crippen LogP contribution is 2.11. The van der Waals surface area contributed by atoms with E-state index < -0.39 is 0 Å². The van der Waals surface area contributed by atoms with E-state index in [0.717, 1.165) is 28.8 Å². The number of carbonyl (C=O) groups excluding carboxylic acids is 1. The van der Waals surface area contributed by atoms with Crippen LogP contribution in [-0.4, -0.2) is 25.5 Å². The van der Waals surface area contributed by atoms with E-state index in [-0.39, 0.29) is 41.6 Å². The summed E-state index contributed by atoms with van der Waals surface area (Å²) >= 11 is 0. The summed E-state index contributed by atoms with van der Waals surface area (Å²) in [6.07, 6.45) is 0.789. The molecular weight excluding hydrogens is 482 g/mol. The Labute approximate surface area is 189 Å². The van der Waals surface area contributed by atoms with Crippen LogP contribution >= 0.6 is 24.0 Å². The smallest absolute Gasteiger partial charge is 0.226 e. The van der Waals surface area contributed by atoms with Crippen molar-refractivity contribution in [2.24, 2.45) is 10.9 Å². The number of benzene rings is 2. The predicted molar refractivity (Wildman–Crippen MR) is 128 cm³/mol. The molecule has 0 aliphatic rings. The molecule has 1 amide bonds. The number of guanidine groups is 1. The van der Waals surface area contributed by atoms with E-state index in [1.54, 1.807) is 13.1 Å². The first-order valence-electron chi connectivity index (χ1n) is 9.48. The molecule has 0 spiro atoms. The third-order valence-corrected chi connectivity index (χ3v) is 4.42. The first-order chi connectivity index (χ1) is 13.4. The SMILES string of the molecule is CN=C(NCCc1ccc(F)cc1C)NCc1ccc(NC(=O)C(C)C)cc1.I. The van der Waals surface area contributed by atoms with Crippen molar-refractivity contribution >= 4 is 41.5 Å². The molecule has 29 heavy (non-hydrogen) atoms. The summed E-state index contributed by atoms with van der Waals surface area (Å²) in [4.78, 5) is 16.0. The van der Waals surface area contributed by atoms with Crippen LogP contribution in [0.1, 0.15) is 30.5 Å². The molecule has 0 aliphatic heterocycles. The second kappa shape index (κ2) is 12.4. The molecule has 0 unspecified atom stereocenters. The van der Waals surface area contributed by atoms with Crippen molar-refractivity contribution in [3.8, 4) is 0 Å². The van der Waals surface area contributed by atoms with Crippen LogP contribution in [-0.2, 0) is 17.8 Å². The lowest BCUT2D eigenvalue weighted by Gasteiger charge is -2.13. The number of carbonyl (C=O) groups is 1. The monoisotopic (exact) mass is 512 g/mol. The zero-order valence-corrected chi connectivity index (χ0v) is 19.7. The minimum absolute atomic E-state index is 0. The summed E-state index contributed by atoms with van der Waals surface area (Å²) in [5.74, 6) is 0.458. The molecule has 5 nitrogen and oxygen atoms in total. The number of rotatable bonds is 7. The Hall–Kier alpha value is -2.16. The molecule has 0 saturated carbocycles. The fraction of sp³-hybridized carbons (Fsp3) is 0.364. The Bertz CT molecular complexity index is 822. The molecule has 7 heteroatoms. The maximum Gasteiger partial charge on any atom is 0.226 e. The second-order valence-electron chi connectivity index (χ2n) is 7.01. The number of halogens is 2. The molecule has 0 heterocycles. The van der Waals surface area contributed by atoms with E-state index in [4.69, 9.17) is 0 Å². The lowest BCUT2D eigenvalue weighted by molar-refractivity contribution is -0.118. The highest BCUT2D eigenvalue weighted by atomic mass is 127. The summed E-state index contributed by atoms with van der Waals surface area (Å²) in [6.45, 7) is 6.96. The lowest BCUT2D eigenvalue weighted by atomic mass is 10.1. The highest BCUT2D eigenvalue weighted by molar-refractivity contribution is 14.0. The van der Waals surface area contributed by atoms with E-state index in [0.29, 0.717) is 19.0 Å². The van der Waals surface area contributed by atoms with Crippen molar-refractivity contribution in [3.05, 3.63) is 65.0 Å². The summed E-state index contributed by atoms with van der Waals surface area (Å²) in [7, 11) is 1.73. The van der Waals surface area contributed by atoms with Gasteiger partial charge in [0.1, 0.15) is 5.82 Å². The maximum absolute atomic E-state index is 13.2. The molecule has 3 N–H and O–H groups in total. The van der Waals surface area contributed by atoms with Crippen molar-refractivity contribution < 1.29 is 9.18 Å². The van der Waals surface area contributed by atoms with Crippen molar-refractivity contribution in [2.45, 2.75) is 33.7 Å². The number of hydrogen-bond acceptors (Lipinski definition) is 2. The van der Waals surface area contributed by atoms with Gasteiger partial charge < -0.3 is 16.0 Å². The van der Waals surface area contributed by atoms with Crippen LogP contribution in [0.15, 0.2) is 47.5 Å². The zero-order chi connectivity index (χ0) is 20.5. The second-order valence-corrected chi connectivity index (χ2v) is 7.01. The first kappa shape index (κ1) is 24.9. The molecule has 0 saturated heterocycles. The van der Waals surface area contributed by atoms with E-state index >= 15 is 0 Å². The van der Waals surface area contributed by atoms with Gasteiger partial charge in [-0.2, -0.15) is 0 Å². The van der Waals surface area contributed by atoms with Gasteiger partial charge in [-0.1, -0.05) is 32.0 Å². The zero-order valence-electron chi connectivity index (χ0n) is 17.4.